The van der Waals surface area contributed by atoms with Crippen molar-refractivity contribution in [2.24, 2.45) is 8.73 Å². The van der Waals surface area contributed by atoms with Crippen LogP contribution >= 0.6 is 0 Å². The van der Waals surface area contributed by atoms with E-state index in [9.17, 15) is 8.42 Å². The molecule has 0 spiro atoms. The van der Waals surface area contributed by atoms with E-state index in [1.807, 2.05) is 48.7 Å². The Hall–Kier alpha value is -5.11. The van der Waals surface area contributed by atoms with Crippen LogP contribution in [0.4, 0.5) is 27.7 Å². The fraction of sp³-hybridized carbons (Fsp3) is 0.450. The van der Waals surface area contributed by atoms with Crippen LogP contribution in [0.15, 0.2) is 57.3 Å². The second-order valence-electron chi connectivity index (χ2n) is 16.0. The third-order valence-corrected chi connectivity index (χ3v) is 13.9. The number of imidazole rings is 2. The molecule has 0 radical (unpaired) electrons. The van der Waals surface area contributed by atoms with Gasteiger partial charge in [0.2, 0.25) is 11.9 Å². The normalized spacial score (nSPS) is 22.2. The Balaban J connectivity index is 1.07. The number of fused-ring (bicyclic) bond motifs is 2. The van der Waals surface area contributed by atoms with E-state index in [1.165, 1.54) is 18.6 Å². The number of halogens is 1. The van der Waals surface area contributed by atoms with Crippen molar-refractivity contribution in [2.45, 2.75) is 57.4 Å². The van der Waals surface area contributed by atoms with Gasteiger partial charge in [-0.25, -0.2) is 22.8 Å². The van der Waals surface area contributed by atoms with E-state index < -0.39 is 25.3 Å². The molecule has 1 saturated carbocycles. The number of aryl methyl sites for hydroxylation is 2. The van der Waals surface area contributed by atoms with Crippen molar-refractivity contribution in [3.8, 4) is 11.9 Å². The van der Waals surface area contributed by atoms with Crippen molar-refractivity contribution in [3.05, 3.63) is 71.6 Å². The van der Waals surface area contributed by atoms with Crippen LogP contribution in [0.1, 0.15) is 43.4 Å². The lowest BCUT2D eigenvalue weighted by molar-refractivity contribution is 0.0985. The first-order valence-corrected chi connectivity index (χ1v) is 23.9. The predicted molar refractivity (Wildman–Crippen MR) is 227 cm³/mol. The fourth-order valence-electron chi connectivity index (χ4n) is 8.18. The maximum absolute atomic E-state index is 16.5. The maximum atomic E-state index is 16.5. The number of anilines is 2. The third-order valence-electron chi connectivity index (χ3n) is 11.0. The minimum absolute atomic E-state index is 0.0204. The summed E-state index contributed by atoms with van der Waals surface area (Å²) in [5.74, 6) is 2.78. The fourth-order valence-corrected chi connectivity index (χ4v) is 10.7. The second-order valence-corrected chi connectivity index (χ2v) is 21.0. The molecule has 2 aromatic carbocycles. The maximum Gasteiger partial charge on any atom is 0.239 e. The number of para-hydroxylation sites is 2. The zero-order valence-corrected chi connectivity index (χ0v) is 35.7. The Morgan fingerprint density at radius 2 is 1.31 bits per heavy atom. The van der Waals surface area contributed by atoms with Crippen LogP contribution in [0.25, 0.3) is 34.0 Å². The Labute approximate surface area is 342 Å². The monoisotopic (exact) mass is 842 g/mol. The molecule has 19 heteroatoms. The summed E-state index contributed by atoms with van der Waals surface area (Å²) >= 11 is 0. The Bertz CT molecular complexity index is 2890. The van der Waals surface area contributed by atoms with E-state index in [2.05, 4.69) is 26.1 Å². The first-order chi connectivity index (χ1) is 28.1. The van der Waals surface area contributed by atoms with Gasteiger partial charge in [-0.3, -0.25) is 9.13 Å². The van der Waals surface area contributed by atoms with Gasteiger partial charge in [0, 0.05) is 59.6 Å². The van der Waals surface area contributed by atoms with Gasteiger partial charge < -0.3 is 19.3 Å². The molecule has 3 aliphatic rings. The molecule has 3 unspecified atom stereocenters. The summed E-state index contributed by atoms with van der Waals surface area (Å²) in [6.45, 7) is 11.2. The second kappa shape index (κ2) is 14.9. The third kappa shape index (κ3) is 7.64. The molecule has 2 saturated heterocycles. The number of aromatic nitrogens is 8. The first-order valence-electron chi connectivity index (χ1n) is 19.6. The summed E-state index contributed by atoms with van der Waals surface area (Å²) in [5, 5.41) is -0.347. The number of benzene rings is 2. The number of nitrogens with zero attached hydrogens (tertiary/aromatic N) is 12. The molecule has 6 heterocycles. The van der Waals surface area contributed by atoms with Crippen molar-refractivity contribution < 1.29 is 22.3 Å². The van der Waals surface area contributed by atoms with E-state index in [0.29, 0.717) is 92.1 Å². The van der Waals surface area contributed by atoms with Crippen molar-refractivity contribution in [2.75, 3.05) is 68.1 Å². The van der Waals surface area contributed by atoms with Crippen molar-refractivity contribution in [1.82, 2.24) is 39.0 Å². The lowest BCUT2D eigenvalue weighted by Crippen LogP contribution is -2.44. The molecule has 1 aliphatic carbocycles. The largest absolute Gasteiger partial charge is 0.377 e. The molecule has 4 aromatic heterocycles. The van der Waals surface area contributed by atoms with Crippen molar-refractivity contribution in [1.29, 1.82) is 0 Å². The Morgan fingerprint density at radius 1 is 0.729 bits per heavy atom. The summed E-state index contributed by atoms with van der Waals surface area (Å²) in [6, 6.07) is 14.7. The van der Waals surface area contributed by atoms with Gasteiger partial charge in [0.25, 0.3) is 0 Å². The molecule has 0 amide bonds. The summed E-state index contributed by atoms with van der Waals surface area (Å²) in [6.07, 6.45) is 5.28. The van der Waals surface area contributed by atoms with Crippen LogP contribution in [-0.4, -0.2) is 123 Å². The highest BCUT2D eigenvalue weighted by molar-refractivity contribution is 7.94. The summed E-state index contributed by atoms with van der Waals surface area (Å²) in [5.41, 5.74) is 2.97. The number of ether oxygens (including phenoxy) is 2. The highest BCUT2D eigenvalue weighted by Gasteiger charge is 2.45. The average Bonchev–Trinajstić information content (AvgIpc) is 3.83. The molecule has 6 aromatic rings. The van der Waals surface area contributed by atoms with Crippen LogP contribution < -0.4 is 9.80 Å². The van der Waals surface area contributed by atoms with E-state index in [-0.39, 0.29) is 40.5 Å². The van der Waals surface area contributed by atoms with E-state index >= 15 is 4.39 Å². The molecule has 3 fully saturated rings. The van der Waals surface area contributed by atoms with Gasteiger partial charge in [-0.2, -0.15) is 28.7 Å². The van der Waals surface area contributed by atoms with Crippen molar-refractivity contribution >= 4 is 64.8 Å². The average molecular weight is 843 g/mol. The summed E-state index contributed by atoms with van der Waals surface area (Å²) in [7, 11) is -5.46. The van der Waals surface area contributed by atoms with Gasteiger partial charge in [-0.05, 0) is 63.9 Å². The minimum Gasteiger partial charge on any atom is -0.377 e. The molecule has 59 heavy (non-hydrogen) atoms. The minimum atomic E-state index is -2.89. The Morgan fingerprint density at radius 3 is 1.93 bits per heavy atom. The predicted octanol–water partition coefficient (Wildman–Crippen LogP) is 5.80. The molecular weight excluding hydrogens is 796 g/mol. The van der Waals surface area contributed by atoms with Gasteiger partial charge in [0.05, 0.1) is 70.0 Å². The van der Waals surface area contributed by atoms with E-state index in [0.717, 1.165) is 11.0 Å². The number of hydrogen-bond donors (Lipinski definition) is 0. The molecule has 9 rings (SSSR count). The molecule has 16 nitrogen and oxygen atoms in total. The molecule has 2 aliphatic heterocycles. The lowest BCUT2D eigenvalue weighted by Gasteiger charge is -2.34. The number of hydrogen-bond acceptors (Lipinski definition) is 14. The van der Waals surface area contributed by atoms with Crippen LogP contribution in [0, 0.1) is 19.7 Å². The van der Waals surface area contributed by atoms with E-state index in [1.54, 1.807) is 29.9 Å². The van der Waals surface area contributed by atoms with E-state index in [4.69, 9.17) is 38.8 Å². The van der Waals surface area contributed by atoms with Crippen LogP contribution in [0.3, 0.4) is 0 Å². The highest BCUT2D eigenvalue weighted by atomic mass is 32.2. The first kappa shape index (κ1) is 39.4. The van der Waals surface area contributed by atoms with Crippen molar-refractivity contribution in [3.63, 3.8) is 0 Å². The van der Waals surface area contributed by atoms with Gasteiger partial charge in [-0.15, -0.1) is 0 Å². The number of rotatable bonds is 8. The van der Waals surface area contributed by atoms with Gasteiger partial charge in [0.1, 0.15) is 34.6 Å². The van der Waals surface area contributed by atoms with Crippen LogP contribution in [0.2, 0.25) is 0 Å². The molecule has 5 atom stereocenters. The molecule has 0 bridgehead atoms. The zero-order valence-electron chi connectivity index (χ0n) is 34.1. The standard InChI is InChI=1S/C40H47FN12O4S2/c1-23-21-56-14-12-50(23)36-19-34(48-58(5,6)54)44-40(47-36)53-26(4)43-31-17-27(16-29(41)38(31)53)28-18-33(28)59(7,55)49-35-20-37(51-13-15-57-22-24(51)2)46-39(45-35)52-25(3)42-30-10-8-9-11-32(30)52/h8-11,16-17,19-20,23-24,28,33H,12-15,18,21-22H2,1-7H3/t23-,24-,28?,33?,59?/m1/s1. The molecular formula is C40H47FN12O4S2. The lowest BCUT2D eigenvalue weighted by atomic mass is 10.1. The van der Waals surface area contributed by atoms with Crippen LogP contribution in [-0.2, 0) is 28.9 Å². The molecule has 310 valence electrons. The topological polar surface area (TPSA) is 171 Å². The Kier molecular flexibility index (Phi) is 9.91. The van der Waals surface area contributed by atoms with Gasteiger partial charge in [0.15, 0.2) is 11.6 Å². The zero-order chi connectivity index (χ0) is 41.4. The smallest absolute Gasteiger partial charge is 0.239 e. The van der Waals surface area contributed by atoms with Gasteiger partial charge >= 0.3 is 0 Å². The number of morpholine rings is 2. The van der Waals surface area contributed by atoms with Crippen LogP contribution in [0.5, 0.6) is 0 Å². The highest BCUT2D eigenvalue weighted by Crippen LogP contribution is 2.48. The quantitative estimate of drug-likeness (QED) is 0.181. The van der Waals surface area contributed by atoms with Gasteiger partial charge in [-0.1, -0.05) is 12.1 Å². The SMILES string of the molecule is Cc1nc2ccccc2n1-c1nc(N=S(C)(=O)C2CC2c2cc(F)c3c(c2)nc(C)n3-c2nc(N=S(C)(C)=O)cc(N3CCOC[C@H]3C)n2)cc(N2CCOC[C@H]2C)n1. The summed E-state index contributed by atoms with van der Waals surface area (Å²) < 4.78 is 67.9. The summed E-state index contributed by atoms with van der Waals surface area (Å²) in [4.78, 5) is 33.0. The molecule has 0 N–H and O–H groups in total.